The van der Waals surface area contributed by atoms with Crippen molar-refractivity contribution in [3.8, 4) is 0 Å². The van der Waals surface area contributed by atoms with Crippen LogP contribution in [0.25, 0.3) is 0 Å². The van der Waals surface area contributed by atoms with Crippen LogP contribution in [-0.4, -0.2) is 10.1 Å². The average molecular weight is 221 g/mol. The number of nitrogen functional groups attached to an aromatic ring is 1. The van der Waals surface area contributed by atoms with Crippen molar-refractivity contribution >= 4 is 5.69 Å². The molecule has 16 heavy (non-hydrogen) atoms. The Morgan fingerprint density at radius 1 is 1.38 bits per heavy atom. The van der Waals surface area contributed by atoms with Crippen LogP contribution in [0.3, 0.4) is 0 Å². The molecule has 0 amide bonds. The Morgan fingerprint density at radius 2 is 2.19 bits per heavy atom. The molecule has 0 radical (unpaired) electrons. The van der Waals surface area contributed by atoms with Crippen molar-refractivity contribution in [1.82, 2.24) is 10.1 Å². The highest BCUT2D eigenvalue weighted by atomic mass is 19.1. The molecule has 4 nitrogen and oxygen atoms in total. The van der Waals surface area contributed by atoms with Gasteiger partial charge in [0.25, 0.3) is 0 Å². The van der Waals surface area contributed by atoms with E-state index < -0.39 is 0 Å². The van der Waals surface area contributed by atoms with Crippen LogP contribution in [0.1, 0.15) is 17.3 Å². The van der Waals surface area contributed by atoms with Crippen LogP contribution in [0.15, 0.2) is 22.7 Å². The van der Waals surface area contributed by atoms with Crippen molar-refractivity contribution in [1.29, 1.82) is 0 Å². The van der Waals surface area contributed by atoms with Crippen LogP contribution in [-0.2, 0) is 12.8 Å². The van der Waals surface area contributed by atoms with Crippen LogP contribution >= 0.6 is 0 Å². The first-order chi connectivity index (χ1) is 7.65. The van der Waals surface area contributed by atoms with Crippen LogP contribution in [0, 0.1) is 12.7 Å². The first kappa shape index (κ1) is 10.6. The Balaban J connectivity index is 2.02. The summed E-state index contributed by atoms with van der Waals surface area (Å²) in [6.07, 6.45) is 1.37. The summed E-state index contributed by atoms with van der Waals surface area (Å²) in [6.45, 7) is 1.74. The maximum Gasteiger partial charge on any atom is 0.223 e. The van der Waals surface area contributed by atoms with Gasteiger partial charge < -0.3 is 10.3 Å². The van der Waals surface area contributed by atoms with E-state index in [1.165, 1.54) is 6.07 Å². The van der Waals surface area contributed by atoms with Crippen LogP contribution < -0.4 is 5.73 Å². The molecule has 0 spiro atoms. The van der Waals surface area contributed by atoms with Crippen molar-refractivity contribution < 1.29 is 8.91 Å². The van der Waals surface area contributed by atoms with E-state index in [1.54, 1.807) is 19.1 Å². The zero-order valence-corrected chi connectivity index (χ0v) is 8.90. The van der Waals surface area contributed by atoms with E-state index in [4.69, 9.17) is 10.3 Å². The summed E-state index contributed by atoms with van der Waals surface area (Å²) < 4.78 is 17.8. The smallest absolute Gasteiger partial charge is 0.223 e. The molecule has 0 saturated heterocycles. The van der Waals surface area contributed by atoms with E-state index in [2.05, 4.69) is 10.1 Å². The van der Waals surface area contributed by atoms with Gasteiger partial charge in [-0.1, -0.05) is 11.2 Å². The number of aryl methyl sites for hydroxylation is 3. The molecule has 0 aliphatic heterocycles. The molecule has 2 N–H and O–H groups in total. The number of nitrogens with two attached hydrogens (primary N) is 1. The Hall–Kier alpha value is -1.91. The molecule has 1 heterocycles. The topological polar surface area (TPSA) is 64.9 Å². The first-order valence-electron chi connectivity index (χ1n) is 4.98. The summed E-state index contributed by atoms with van der Waals surface area (Å²) in [6, 6.07) is 4.70. The van der Waals surface area contributed by atoms with Gasteiger partial charge in [-0.2, -0.15) is 4.98 Å². The Kier molecular flexibility index (Phi) is 2.85. The fraction of sp³-hybridized carbons (Fsp3) is 0.273. The molecule has 2 rings (SSSR count). The van der Waals surface area contributed by atoms with Gasteiger partial charge >= 0.3 is 0 Å². The number of anilines is 1. The third-order valence-corrected chi connectivity index (χ3v) is 2.27. The van der Waals surface area contributed by atoms with Gasteiger partial charge in [0.15, 0.2) is 5.82 Å². The minimum absolute atomic E-state index is 0.168. The lowest BCUT2D eigenvalue weighted by atomic mass is 10.1. The third kappa shape index (κ3) is 2.36. The second kappa shape index (κ2) is 4.30. The van der Waals surface area contributed by atoms with E-state index in [0.29, 0.717) is 24.6 Å². The lowest BCUT2D eigenvalue weighted by molar-refractivity contribution is 0.387. The fourth-order valence-electron chi connectivity index (χ4n) is 1.45. The fourth-order valence-corrected chi connectivity index (χ4v) is 1.45. The number of rotatable bonds is 3. The minimum Gasteiger partial charge on any atom is -0.396 e. The van der Waals surface area contributed by atoms with E-state index in [9.17, 15) is 4.39 Å². The minimum atomic E-state index is -0.390. The number of hydrogen-bond acceptors (Lipinski definition) is 4. The Labute approximate surface area is 92.3 Å². The van der Waals surface area contributed by atoms with Crippen molar-refractivity contribution in [2.75, 3.05) is 5.73 Å². The highest BCUT2D eigenvalue weighted by Gasteiger charge is 2.04. The molecular formula is C11H12FN3O. The molecule has 0 atom stereocenters. The molecule has 0 fully saturated rings. The SMILES string of the molecule is Cc1nc(CCc2ccc(F)c(N)c2)no1. The Bertz CT molecular complexity index is 496. The molecule has 2 aromatic rings. The predicted octanol–water partition coefficient (Wildman–Crippen LogP) is 1.88. The molecule has 0 unspecified atom stereocenters. The Morgan fingerprint density at radius 3 is 2.81 bits per heavy atom. The molecule has 1 aromatic carbocycles. The second-order valence-electron chi connectivity index (χ2n) is 3.59. The predicted molar refractivity (Wildman–Crippen MR) is 57.3 cm³/mol. The molecular weight excluding hydrogens is 209 g/mol. The summed E-state index contributed by atoms with van der Waals surface area (Å²) in [5.74, 6) is 0.813. The van der Waals surface area contributed by atoms with Gasteiger partial charge in [0, 0.05) is 13.3 Å². The van der Waals surface area contributed by atoms with Gasteiger partial charge in [-0.05, 0) is 24.1 Å². The van der Waals surface area contributed by atoms with Crippen LogP contribution in [0.2, 0.25) is 0 Å². The number of nitrogens with zero attached hydrogens (tertiary/aromatic N) is 2. The monoisotopic (exact) mass is 221 g/mol. The zero-order chi connectivity index (χ0) is 11.5. The summed E-state index contributed by atoms with van der Waals surface area (Å²) in [5.41, 5.74) is 6.60. The molecule has 0 bridgehead atoms. The molecule has 1 aromatic heterocycles. The van der Waals surface area contributed by atoms with Crippen LogP contribution in [0.4, 0.5) is 10.1 Å². The number of benzene rings is 1. The van der Waals surface area contributed by atoms with Gasteiger partial charge in [0.1, 0.15) is 5.82 Å². The van der Waals surface area contributed by atoms with E-state index in [1.807, 2.05) is 0 Å². The van der Waals surface area contributed by atoms with Gasteiger partial charge in [-0.25, -0.2) is 4.39 Å². The van der Waals surface area contributed by atoms with Gasteiger partial charge in [-0.3, -0.25) is 0 Å². The molecule has 0 aliphatic carbocycles. The largest absolute Gasteiger partial charge is 0.396 e. The van der Waals surface area contributed by atoms with Crippen molar-refractivity contribution in [2.45, 2.75) is 19.8 Å². The van der Waals surface area contributed by atoms with Crippen molar-refractivity contribution in [2.24, 2.45) is 0 Å². The lowest BCUT2D eigenvalue weighted by Crippen LogP contribution is -1.97. The number of aromatic nitrogens is 2. The van der Waals surface area contributed by atoms with Gasteiger partial charge in [0.05, 0.1) is 5.69 Å². The number of halogens is 1. The van der Waals surface area contributed by atoms with Gasteiger partial charge in [-0.15, -0.1) is 0 Å². The molecule has 5 heteroatoms. The molecule has 0 aliphatic rings. The first-order valence-corrected chi connectivity index (χ1v) is 4.98. The maximum absolute atomic E-state index is 12.9. The highest BCUT2D eigenvalue weighted by Crippen LogP contribution is 2.13. The van der Waals surface area contributed by atoms with E-state index in [-0.39, 0.29) is 11.5 Å². The van der Waals surface area contributed by atoms with Crippen LogP contribution in [0.5, 0.6) is 0 Å². The summed E-state index contributed by atoms with van der Waals surface area (Å²) >= 11 is 0. The summed E-state index contributed by atoms with van der Waals surface area (Å²) in [7, 11) is 0. The second-order valence-corrected chi connectivity index (χ2v) is 3.59. The molecule has 0 saturated carbocycles. The normalized spacial score (nSPS) is 10.6. The van der Waals surface area contributed by atoms with Crippen molar-refractivity contribution in [3.05, 3.63) is 41.3 Å². The quantitative estimate of drug-likeness (QED) is 0.804. The third-order valence-electron chi connectivity index (χ3n) is 2.27. The lowest BCUT2D eigenvalue weighted by Gasteiger charge is -2.01. The number of hydrogen-bond donors (Lipinski definition) is 1. The van der Waals surface area contributed by atoms with Gasteiger partial charge in [0.2, 0.25) is 5.89 Å². The standard InChI is InChI=1S/C11H12FN3O/c1-7-14-11(15-16-7)5-3-8-2-4-9(12)10(13)6-8/h2,4,6H,3,5,13H2,1H3. The van der Waals surface area contributed by atoms with Crippen molar-refractivity contribution in [3.63, 3.8) is 0 Å². The summed E-state index contributed by atoms with van der Waals surface area (Å²) in [5, 5.41) is 3.78. The highest BCUT2D eigenvalue weighted by molar-refractivity contribution is 5.42. The maximum atomic E-state index is 12.9. The average Bonchev–Trinajstić information content (AvgIpc) is 2.66. The molecule has 84 valence electrons. The zero-order valence-electron chi connectivity index (χ0n) is 8.90. The summed E-state index contributed by atoms with van der Waals surface area (Å²) in [4.78, 5) is 4.08. The van der Waals surface area contributed by atoms with E-state index in [0.717, 1.165) is 5.56 Å². The van der Waals surface area contributed by atoms with E-state index >= 15 is 0 Å².